The Morgan fingerprint density at radius 3 is 2.50 bits per heavy atom. The molecule has 0 aromatic rings. The second-order valence-corrected chi connectivity index (χ2v) is 5.07. The maximum atomic E-state index is 11.9. The molecule has 0 aromatic carbocycles. The van der Waals surface area contributed by atoms with Gasteiger partial charge in [0.15, 0.2) is 0 Å². The number of piperidine rings is 1. The second-order valence-electron chi connectivity index (χ2n) is 4.30. The van der Waals surface area contributed by atoms with Gasteiger partial charge in [0.1, 0.15) is 0 Å². The Morgan fingerprint density at radius 1 is 1.56 bits per heavy atom. The third-order valence-electron chi connectivity index (χ3n) is 3.25. The van der Waals surface area contributed by atoms with Crippen LogP contribution in [-0.4, -0.2) is 47.0 Å². The van der Waals surface area contributed by atoms with Gasteiger partial charge in [0.25, 0.3) is 0 Å². The second kappa shape index (κ2) is 6.21. The third-order valence-corrected chi connectivity index (χ3v) is 4.71. The minimum absolute atomic E-state index is 0.0744. The van der Waals surface area contributed by atoms with Gasteiger partial charge < -0.3 is 14.6 Å². The molecule has 1 fully saturated rings. The molecule has 0 radical (unpaired) electrons. The Hall–Kier alpha value is 0.185. The van der Waals surface area contributed by atoms with Crippen molar-refractivity contribution < 1.29 is 14.6 Å². The fraction of sp³-hybridized carbons (Fsp3) is 0.900. The lowest BCUT2D eigenvalue weighted by Gasteiger charge is -2.39. The average Bonchev–Trinajstić information content (AvgIpc) is 2.29. The molecule has 16 heavy (non-hydrogen) atoms. The van der Waals surface area contributed by atoms with Gasteiger partial charge in [-0.05, 0) is 39.7 Å². The average molecular weight is 339 g/mol. The lowest BCUT2D eigenvalue weighted by molar-refractivity contribution is -0.156. The number of rotatable bonds is 4. The van der Waals surface area contributed by atoms with E-state index in [1.165, 1.54) is 0 Å². The Labute approximate surface area is 111 Å². The number of hydrogen-bond donors (Lipinski definition) is 1. The van der Waals surface area contributed by atoms with Gasteiger partial charge in [-0.3, -0.25) is 4.79 Å². The van der Waals surface area contributed by atoms with Crippen molar-refractivity contribution in [3.05, 3.63) is 0 Å². The van der Waals surface area contributed by atoms with Crippen molar-refractivity contribution >= 4 is 35.6 Å². The first kappa shape index (κ1) is 14.2. The molecule has 0 saturated carbocycles. The number of carbonyl (C=O) groups excluding carboxylic acids is 1. The summed E-state index contributed by atoms with van der Waals surface area (Å²) in [6.07, 6.45) is 1.55. The monoisotopic (exact) mass is 339 g/mol. The number of esters is 1. The van der Waals surface area contributed by atoms with E-state index in [-0.39, 0.29) is 11.4 Å². The van der Waals surface area contributed by atoms with E-state index in [0.29, 0.717) is 6.61 Å². The first-order valence-electron chi connectivity index (χ1n) is 5.71. The zero-order valence-electron chi connectivity index (χ0n) is 9.91. The normalized spacial score (nSPS) is 20.5. The van der Waals surface area contributed by atoms with Crippen LogP contribution in [0.4, 0.5) is 0 Å². The summed E-state index contributed by atoms with van der Waals surface area (Å²) in [5.74, 6) is -0.0744. The molecule has 0 amide bonds. The van der Waals surface area contributed by atoms with Crippen LogP contribution in [0, 0.1) is 5.41 Å². The minimum atomic E-state index is -0.422. The minimum Gasteiger partial charge on any atom is -0.466 e. The standard InChI is InChI=1S/C10H19BINO3/c1-3-16-9(14)10(8-12)4-6-13(7-5-10)11(2)15/h15H,3-8H2,1-2H3. The Bertz CT molecular complexity index is 242. The van der Waals surface area contributed by atoms with Crippen LogP contribution in [-0.2, 0) is 9.53 Å². The maximum absolute atomic E-state index is 11.9. The summed E-state index contributed by atoms with van der Waals surface area (Å²) in [5.41, 5.74) is -0.331. The highest BCUT2D eigenvalue weighted by atomic mass is 127. The van der Waals surface area contributed by atoms with E-state index in [9.17, 15) is 9.82 Å². The number of nitrogens with zero attached hydrogens (tertiary/aromatic N) is 1. The van der Waals surface area contributed by atoms with E-state index in [2.05, 4.69) is 22.6 Å². The summed E-state index contributed by atoms with van der Waals surface area (Å²) < 4.78 is 5.94. The van der Waals surface area contributed by atoms with Crippen molar-refractivity contribution in [3.8, 4) is 0 Å². The Morgan fingerprint density at radius 2 is 2.12 bits per heavy atom. The first-order chi connectivity index (χ1) is 7.55. The van der Waals surface area contributed by atoms with Gasteiger partial charge in [-0.2, -0.15) is 0 Å². The van der Waals surface area contributed by atoms with Crippen molar-refractivity contribution in [1.82, 2.24) is 4.81 Å². The highest BCUT2D eigenvalue weighted by molar-refractivity contribution is 14.1. The van der Waals surface area contributed by atoms with Crippen LogP contribution < -0.4 is 0 Å². The lowest BCUT2D eigenvalue weighted by atomic mass is 9.75. The highest BCUT2D eigenvalue weighted by Gasteiger charge is 2.42. The number of hydrogen-bond acceptors (Lipinski definition) is 4. The molecule has 1 aliphatic rings. The van der Waals surface area contributed by atoms with Crippen LogP contribution in [0.2, 0.25) is 6.82 Å². The fourth-order valence-corrected chi connectivity index (χ4v) is 3.08. The number of carbonyl (C=O) groups is 1. The van der Waals surface area contributed by atoms with Crippen LogP contribution >= 0.6 is 22.6 Å². The van der Waals surface area contributed by atoms with Gasteiger partial charge in [-0.25, -0.2) is 0 Å². The lowest BCUT2D eigenvalue weighted by Crippen LogP contribution is -2.50. The van der Waals surface area contributed by atoms with Crippen molar-refractivity contribution in [2.45, 2.75) is 26.6 Å². The van der Waals surface area contributed by atoms with Gasteiger partial charge in [0.05, 0.1) is 12.0 Å². The third kappa shape index (κ3) is 3.10. The van der Waals surface area contributed by atoms with E-state index in [0.717, 1.165) is 30.4 Å². The molecule has 0 aliphatic carbocycles. The zero-order chi connectivity index (χ0) is 12.2. The van der Waals surface area contributed by atoms with Crippen molar-refractivity contribution in [2.75, 3.05) is 24.1 Å². The van der Waals surface area contributed by atoms with Gasteiger partial charge in [-0.1, -0.05) is 22.6 Å². The van der Waals surface area contributed by atoms with Crippen LogP contribution in [0.3, 0.4) is 0 Å². The van der Waals surface area contributed by atoms with Gasteiger partial charge in [0.2, 0.25) is 0 Å². The molecule has 1 saturated heterocycles. The van der Waals surface area contributed by atoms with Crippen LogP contribution in [0.25, 0.3) is 0 Å². The van der Waals surface area contributed by atoms with E-state index < -0.39 is 7.05 Å². The molecule has 1 rings (SSSR count). The van der Waals surface area contributed by atoms with Gasteiger partial charge in [0, 0.05) is 4.43 Å². The molecule has 1 N–H and O–H groups in total. The van der Waals surface area contributed by atoms with Gasteiger partial charge >= 0.3 is 13.0 Å². The van der Waals surface area contributed by atoms with Crippen molar-refractivity contribution in [1.29, 1.82) is 0 Å². The molecule has 0 unspecified atom stereocenters. The predicted octanol–water partition coefficient (Wildman–Crippen LogP) is 1.18. The molecule has 0 bridgehead atoms. The highest BCUT2D eigenvalue weighted by Crippen LogP contribution is 2.35. The zero-order valence-corrected chi connectivity index (χ0v) is 12.1. The largest absolute Gasteiger partial charge is 0.466 e. The van der Waals surface area contributed by atoms with Crippen molar-refractivity contribution in [2.24, 2.45) is 5.41 Å². The quantitative estimate of drug-likeness (QED) is 0.362. The molecular weight excluding hydrogens is 320 g/mol. The SMILES string of the molecule is CCOC(=O)C1(CI)CCN(B(C)O)CC1. The summed E-state index contributed by atoms with van der Waals surface area (Å²) >= 11 is 2.26. The predicted molar refractivity (Wildman–Crippen MR) is 72.6 cm³/mol. The molecule has 0 spiro atoms. The Balaban J connectivity index is 2.61. The smallest absolute Gasteiger partial charge is 0.376 e. The topological polar surface area (TPSA) is 49.8 Å². The molecule has 0 aromatic heterocycles. The molecule has 4 nitrogen and oxygen atoms in total. The summed E-state index contributed by atoms with van der Waals surface area (Å²) in [7, 11) is -0.422. The van der Waals surface area contributed by atoms with Crippen LogP contribution in [0.15, 0.2) is 0 Å². The van der Waals surface area contributed by atoms with Crippen molar-refractivity contribution in [3.63, 3.8) is 0 Å². The van der Waals surface area contributed by atoms with Gasteiger partial charge in [-0.15, -0.1) is 0 Å². The van der Waals surface area contributed by atoms with E-state index in [1.54, 1.807) is 6.82 Å². The number of ether oxygens (including phenoxy) is 1. The molecule has 0 atom stereocenters. The summed E-state index contributed by atoms with van der Waals surface area (Å²) in [6, 6.07) is 0. The first-order valence-corrected chi connectivity index (χ1v) is 7.23. The molecule has 1 heterocycles. The maximum Gasteiger partial charge on any atom is 0.376 e. The molecule has 6 heteroatoms. The van der Waals surface area contributed by atoms with E-state index >= 15 is 0 Å². The summed E-state index contributed by atoms with van der Waals surface area (Å²) in [4.78, 5) is 13.9. The Kier molecular flexibility index (Phi) is 5.53. The molecular formula is C10H19BINO3. The number of halogens is 1. The summed E-state index contributed by atoms with van der Waals surface area (Å²) in [5, 5.41) is 9.47. The number of alkyl halides is 1. The molecule has 92 valence electrons. The van der Waals surface area contributed by atoms with Crippen LogP contribution in [0.5, 0.6) is 0 Å². The van der Waals surface area contributed by atoms with E-state index in [1.807, 2.05) is 11.7 Å². The summed E-state index contributed by atoms with van der Waals surface area (Å²) in [6.45, 7) is 5.57. The fourth-order valence-electron chi connectivity index (χ4n) is 2.00. The molecule has 1 aliphatic heterocycles. The van der Waals surface area contributed by atoms with E-state index in [4.69, 9.17) is 4.74 Å². The van der Waals surface area contributed by atoms with Crippen LogP contribution in [0.1, 0.15) is 19.8 Å².